The normalized spacial score (nSPS) is 13.2. The van der Waals surface area contributed by atoms with Crippen LogP contribution in [0.4, 0.5) is 5.82 Å². The molecular formula is C27H25N7O3. The summed E-state index contributed by atoms with van der Waals surface area (Å²) in [4.78, 5) is 34.9. The number of hydrogen-bond acceptors (Lipinski definition) is 7. The van der Waals surface area contributed by atoms with E-state index >= 15 is 0 Å². The number of morpholine rings is 1. The van der Waals surface area contributed by atoms with Gasteiger partial charge in [0.05, 0.1) is 31.6 Å². The maximum Gasteiger partial charge on any atom is 0.254 e. The SMILES string of the molecule is CNCC(=O)Nc1cc(C#Cc2cnc3ccc(-c4ccc(C(=O)N5CCOCC5)cc4)nn23)ccn1. The molecule has 4 heterocycles. The number of likely N-dealkylation sites (N-methyl/N-ethyl adjacent to an activating group) is 1. The van der Waals surface area contributed by atoms with Gasteiger partial charge in [-0.05, 0) is 49.4 Å². The number of nitrogens with zero attached hydrogens (tertiary/aromatic N) is 5. The van der Waals surface area contributed by atoms with Crippen LogP contribution in [0, 0.1) is 11.8 Å². The summed E-state index contributed by atoms with van der Waals surface area (Å²) in [7, 11) is 1.70. The highest BCUT2D eigenvalue weighted by Gasteiger charge is 2.18. The Labute approximate surface area is 213 Å². The molecule has 1 aromatic carbocycles. The highest BCUT2D eigenvalue weighted by molar-refractivity contribution is 5.94. The number of hydrogen-bond donors (Lipinski definition) is 2. The minimum atomic E-state index is -0.183. The van der Waals surface area contributed by atoms with Crippen molar-refractivity contribution in [3.05, 3.63) is 77.7 Å². The molecule has 186 valence electrons. The standard InChI is InChI=1S/C27H25N7O3/c1-28-18-26(35)31-24-16-19(10-11-29-24)2-7-22-17-30-25-9-8-23(32-34(22)25)20-3-5-21(6-4-20)27(36)33-12-14-37-15-13-33/h3-6,8-11,16-17,28H,12-15,18H2,1H3,(H,29,31,35). The second-order valence-corrected chi connectivity index (χ2v) is 8.37. The Morgan fingerprint density at radius 3 is 2.62 bits per heavy atom. The van der Waals surface area contributed by atoms with Gasteiger partial charge in [0.2, 0.25) is 5.91 Å². The van der Waals surface area contributed by atoms with Gasteiger partial charge in [-0.2, -0.15) is 5.10 Å². The lowest BCUT2D eigenvalue weighted by molar-refractivity contribution is -0.115. The van der Waals surface area contributed by atoms with Crippen LogP contribution in [0.1, 0.15) is 21.6 Å². The summed E-state index contributed by atoms with van der Waals surface area (Å²) in [6.07, 6.45) is 3.26. The molecular weight excluding hydrogens is 470 g/mol. The fraction of sp³-hybridized carbons (Fsp3) is 0.222. The minimum absolute atomic E-state index is 0.00583. The van der Waals surface area contributed by atoms with E-state index in [0.717, 1.165) is 11.3 Å². The van der Waals surface area contributed by atoms with Crippen LogP contribution < -0.4 is 10.6 Å². The third kappa shape index (κ3) is 5.64. The van der Waals surface area contributed by atoms with Crippen molar-refractivity contribution in [3.8, 4) is 23.1 Å². The summed E-state index contributed by atoms with van der Waals surface area (Å²) in [5, 5.41) is 10.2. The zero-order valence-electron chi connectivity index (χ0n) is 20.3. The lowest BCUT2D eigenvalue weighted by atomic mass is 10.1. The molecule has 0 spiro atoms. The van der Waals surface area contributed by atoms with Crippen molar-refractivity contribution in [2.45, 2.75) is 0 Å². The van der Waals surface area contributed by atoms with Crippen molar-refractivity contribution in [2.24, 2.45) is 0 Å². The van der Waals surface area contributed by atoms with E-state index in [2.05, 4.69) is 32.4 Å². The first-order valence-electron chi connectivity index (χ1n) is 11.9. The lowest BCUT2D eigenvalue weighted by Crippen LogP contribution is -2.40. The molecule has 10 nitrogen and oxygen atoms in total. The molecule has 10 heteroatoms. The Morgan fingerprint density at radius 1 is 1.03 bits per heavy atom. The summed E-state index contributed by atoms with van der Waals surface area (Å²) < 4.78 is 7.02. The molecule has 3 aromatic heterocycles. The molecule has 0 bridgehead atoms. The maximum absolute atomic E-state index is 12.7. The highest BCUT2D eigenvalue weighted by atomic mass is 16.5. The molecule has 0 unspecified atom stereocenters. The minimum Gasteiger partial charge on any atom is -0.378 e. The number of nitrogens with one attached hydrogen (secondary N) is 2. The molecule has 1 saturated heterocycles. The maximum atomic E-state index is 12.7. The van der Waals surface area contributed by atoms with E-state index in [1.54, 1.807) is 41.0 Å². The van der Waals surface area contributed by atoms with Gasteiger partial charge in [-0.15, -0.1) is 0 Å². The van der Waals surface area contributed by atoms with E-state index in [0.29, 0.717) is 54.6 Å². The molecule has 4 aromatic rings. The number of anilines is 1. The zero-order chi connectivity index (χ0) is 25.6. The third-order valence-corrected chi connectivity index (χ3v) is 5.79. The second kappa shape index (κ2) is 11.0. The first-order valence-corrected chi connectivity index (χ1v) is 11.9. The smallest absolute Gasteiger partial charge is 0.254 e. The molecule has 5 rings (SSSR count). The van der Waals surface area contributed by atoms with Crippen molar-refractivity contribution >= 4 is 23.3 Å². The van der Waals surface area contributed by atoms with Crippen molar-refractivity contribution in [1.82, 2.24) is 29.8 Å². The molecule has 0 aliphatic carbocycles. The molecule has 37 heavy (non-hydrogen) atoms. The quantitative estimate of drug-likeness (QED) is 0.406. The Bertz CT molecular complexity index is 1500. The van der Waals surface area contributed by atoms with Gasteiger partial charge in [0.25, 0.3) is 5.91 Å². The fourth-order valence-corrected chi connectivity index (χ4v) is 3.91. The largest absolute Gasteiger partial charge is 0.378 e. The van der Waals surface area contributed by atoms with Crippen LogP contribution in [0.5, 0.6) is 0 Å². The predicted octanol–water partition coefficient (Wildman–Crippen LogP) is 1.82. The van der Waals surface area contributed by atoms with E-state index in [1.165, 1.54) is 0 Å². The van der Waals surface area contributed by atoms with Crippen LogP contribution in [-0.2, 0) is 9.53 Å². The number of ether oxygens (including phenoxy) is 1. The van der Waals surface area contributed by atoms with E-state index in [9.17, 15) is 9.59 Å². The first-order chi connectivity index (χ1) is 18.1. The molecule has 2 N–H and O–H groups in total. The van der Waals surface area contributed by atoms with E-state index in [4.69, 9.17) is 9.84 Å². The van der Waals surface area contributed by atoms with Crippen LogP contribution in [0.2, 0.25) is 0 Å². The van der Waals surface area contributed by atoms with E-state index in [1.807, 2.05) is 36.4 Å². The number of rotatable bonds is 5. The second-order valence-electron chi connectivity index (χ2n) is 8.37. The molecule has 0 atom stereocenters. The van der Waals surface area contributed by atoms with Crippen LogP contribution in [0.3, 0.4) is 0 Å². The molecule has 0 saturated carbocycles. The number of carbonyl (C=O) groups excluding carboxylic acids is 2. The van der Waals surface area contributed by atoms with Gasteiger partial charge in [0, 0.05) is 36.0 Å². The number of amides is 2. The first kappa shape index (κ1) is 24.1. The third-order valence-electron chi connectivity index (χ3n) is 5.79. The molecule has 1 aliphatic heterocycles. The van der Waals surface area contributed by atoms with Gasteiger partial charge in [0.15, 0.2) is 5.65 Å². The van der Waals surface area contributed by atoms with E-state index in [-0.39, 0.29) is 18.4 Å². The van der Waals surface area contributed by atoms with Gasteiger partial charge in [-0.3, -0.25) is 9.59 Å². The molecule has 1 fully saturated rings. The van der Waals surface area contributed by atoms with Crippen molar-refractivity contribution in [3.63, 3.8) is 0 Å². The summed E-state index contributed by atoms with van der Waals surface area (Å²) in [5.74, 6) is 6.44. The van der Waals surface area contributed by atoms with Gasteiger partial charge in [-0.25, -0.2) is 14.5 Å². The fourth-order valence-electron chi connectivity index (χ4n) is 3.91. The Balaban J connectivity index is 1.35. The summed E-state index contributed by atoms with van der Waals surface area (Å²) in [6.45, 7) is 2.54. The van der Waals surface area contributed by atoms with Gasteiger partial charge in [0.1, 0.15) is 11.5 Å². The number of imidazole rings is 1. The number of pyridine rings is 1. The zero-order valence-corrected chi connectivity index (χ0v) is 20.3. The number of carbonyl (C=O) groups is 2. The average molecular weight is 496 g/mol. The summed E-state index contributed by atoms with van der Waals surface area (Å²) in [5.41, 5.74) is 4.23. The summed E-state index contributed by atoms with van der Waals surface area (Å²) in [6, 6.07) is 14.7. The van der Waals surface area contributed by atoms with Crippen LogP contribution in [-0.4, -0.2) is 76.2 Å². The predicted molar refractivity (Wildman–Crippen MR) is 138 cm³/mol. The topological polar surface area (TPSA) is 114 Å². The number of aromatic nitrogens is 4. The van der Waals surface area contributed by atoms with Gasteiger partial charge in [-0.1, -0.05) is 18.1 Å². The van der Waals surface area contributed by atoms with Crippen molar-refractivity contribution in [2.75, 3.05) is 45.2 Å². The monoisotopic (exact) mass is 495 g/mol. The Hall–Kier alpha value is -4.59. The van der Waals surface area contributed by atoms with Gasteiger partial charge >= 0.3 is 0 Å². The number of benzene rings is 1. The highest BCUT2D eigenvalue weighted by Crippen LogP contribution is 2.20. The summed E-state index contributed by atoms with van der Waals surface area (Å²) >= 11 is 0. The molecule has 0 radical (unpaired) electrons. The van der Waals surface area contributed by atoms with Crippen LogP contribution >= 0.6 is 0 Å². The Kier molecular flexibility index (Phi) is 7.16. The van der Waals surface area contributed by atoms with Gasteiger partial charge < -0.3 is 20.3 Å². The number of fused-ring (bicyclic) bond motifs is 1. The van der Waals surface area contributed by atoms with E-state index < -0.39 is 0 Å². The lowest BCUT2D eigenvalue weighted by Gasteiger charge is -2.26. The molecule has 1 aliphatic rings. The molecule has 2 amide bonds. The van der Waals surface area contributed by atoms with Crippen molar-refractivity contribution in [1.29, 1.82) is 0 Å². The Morgan fingerprint density at radius 2 is 1.84 bits per heavy atom. The van der Waals surface area contributed by atoms with Crippen LogP contribution in [0.25, 0.3) is 16.9 Å². The van der Waals surface area contributed by atoms with Crippen molar-refractivity contribution < 1.29 is 14.3 Å². The average Bonchev–Trinajstić information content (AvgIpc) is 3.34. The van der Waals surface area contributed by atoms with Crippen LogP contribution in [0.15, 0.2) is 60.9 Å².